The number of benzene rings is 1. The zero-order valence-corrected chi connectivity index (χ0v) is 11.7. The highest BCUT2D eigenvalue weighted by molar-refractivity contribution is 7.15. The average molecular weight is 277 g/mol. The van der Waals surface area contributed by atoms with E-state index in [1.165, 1.54) is 17.0 Å². The molecule has 3 nitrogen and oxygen atoms in total. The van der Waals surface area contributed by atoms with Crippen molar-refractivity contribution >= 4 is 22.2 Å². The van der Waals surface area contributed by atoms with Crippen molar-refractivity contribution in [3.05, 3.63) is 41.2 Å². The number of anilines is 2. The third-order valence-corrected chi connectivity index (χ3v) is 4.32. The van der Waals surface area contributed by atoms with Crippen LogP contribution in [0.1, 0.15) is 4.88 Å². The first kappa shape index (κ1) is 12.4. The summed E-state index contributed by atoms with van der Waals surface area (Å²) >= 11 is 1.74. The maximum atomic E-state index is 12.9. The molecule has 1 aliphatic rings. The lowest BCUT2D eigenvalue weighted by Gasteiger charge is -2.36. The van der Waals surface area contributed by atoms with Crippen molar-refractivity contribution in [3.8, 4) is 0 Å². The lowest BCUT2D eigenvalue weighted by atomic mass is 10.2. The quantitative estimate of drug-likeness (QED) is 0.841. The van der Waals surface area contributed by atoms with Gasteiger partial charge in [0.15, 0.2) is 5.13 Å². The van der Waals surface area contributed by atoms with Crippen molar-refractivity contribution in [2.75, 3.05) is 36.0 Å². The van der Waals surface area contributed by atoms with Crippen LogP contribution in [0.3, 0.4) is 0 Å². The SMILES string of the molecule is Cc1cnc(N2CCN(c3ccc(F)cc3)CC2)s1. The predicted molar refractivity (Wildman–Crippen MR) is 77.7 cm³/mol. The van der Waals surface area contributed by atoms with Crippen molar-refractivity contribution in [1.82, 2.24) is 4.98 Å². The van der Waals surface area contributed by atoms with Gasteiger partial charge in [0, 0.05) is 42.9 Å². The molecule has 0 N–H and O–H groups in total. The van der Waals surface area contributed by atoms with E-state index in [9.17, 15) is 4.39 Å². The van der Waals surface area contributed by atoms with Crippen molar-refractivity contribution in [2.45, 2.75) is 6.92 Å². The van der Waals surface area contributed by atoms with Gasteiger partial charge in [-0.2, -0.15) is 0 Å². The Bertz CT molecular complexity index is 544. The molecule has 19 heavy (non-hydrogen) atoms. The largest absolute Gasteiger partial charge is 0.368 e. The number of thiazole rings is 1. The summed E-state index contributed by atoms with van der Waals surface area (Å²) < 4.78 is 12.9. The van der Waals surface area contributed by atoms with Gasteiger partial charge in [-0.05, 0) is 31.2 Å². The topological polar surface area (TPSA) is 19.4 Å². The van der Waals surface area contributed by atoms with Gasteiger partial charge in [-0.25, -0.2) is 9.37 Å². The summed E-state index contributed by atoms with van der Waals surface area (Å²) in [6.45, 7) is 5.90. The summed E-state index contributed by atoms with van der Waals surface area (Å²) in [6.07, 6.45) is 1.92. The van der Waals surface area contributed by atoms with Crippen LogP contribution in [-0.2, 0) is 0 Å². The Balaban J connectivity index is 1.64. The van der Waals surface area contributed by atoms with Crippen molar-refractivity contribution in [1.29, 1.82) is 0 Å². The summed E-state index contributed by atoms with van der Waals surface area (Å²) in [7, 11) is 0. The van der Waals surface area contributed by atoms with E-state index in [1.807, 2.05) is 18.3 Å². The van der Waals surface area contributed by atoms with Crippen LogP contribution in [0.15, 0.2) is 30.5 Å². The van der Waals surface area contributed by atoms with E-state index in [0.29, 0.717) is 0 Å². The second-order valence-corrected chi connectivity index (χ2v) is 5.92. The maximum absolute atomic E-state index is 12.9. The number of nitrogens with zero attached hydrogens (tertiary/aromatic N) is 3. The van der Waals surface area contributed by atoms with Gasteiger partial charge in [0.25, 0.3) is 0 Å². The molecule has 0 saturated carbocycles. The van der Waals surface area contributed by atoms with Crippen LogP contribution in [-0.4, -0.2) is 31.2 Å². The predicted octanol–water partition coefficient (Wildman–Crippen LogP) is 2.92. The van der Waals surface area contributed by atoms with E-state index < -0.39 is 0 Å². The number of piperazine rings is 1. The highest BCUT2D eigenvalue weighted by Gasteiger charge is 2.19. The van der Waals surface area contributed by atoms with E-state index in [2.05, 4.69) is 21.7 Å². The lowest BCUT2D eigenvalue weighted by molar-refractivity contribution is 0.624. The number of rotatable bonds is 2. The summed E-state index contributed by atoms with van der Waals surface area (Å²) in [6, 6.07) is 6.73. The van der Waals surface area contributed by atoms with Gasteiger partial charge in [-0.3, -0.25) is 0 Å². The minimum absolute atomic E-state index is 0.180. The standard InChI is InChI=1S/C14H16FN3S/c1-11-10-16-14(19-11)18-8-6-17(7-9-18)13-4-2-12(15)3-5-13/h2-5,10H,6-9H2,1H3. The zero-order chi connectivity index (χ0) is 13.2. The molecule has 0 amide bonds. The van der Waals surface area contributed by atoms with Gasteiger partial charge >= 0.3 is 0 Å². The van der Waals surface area contributed by atoms with Crippen LogP contribution < -0.4 is 9.80 Å². The maximum Gasteiger partial charge on any atom is 0.185 e. The molecule has 1 aromatic carbocycles. The van der Waals surface area contributed by atoms with E-state index in [0.717, 1.165) is 37.0 Å². The Kier molecular flexibility index (Phi) is 3.38. The fraction of sp³-hybridized carbons (Fsp3) is 0.357. The van der Waals surface area contributed by atoms with Crippen LogP contribution in [0.5, 0.6) is 0 Å². The fourth-order valence-corrected chi connectivity index (χ4v) is 3.11. The number of hydrogen-bond acceptors (Lipinski definition) is 4. The molecule has 3 rings (SSSR count). The van der Waals surface area contributed by atoms with Gasteiger partial charge in [-0.15, -0.1) is 11.3 Å². The van der Waals surface area contributed by atoms with E-state index in [1.54, 1.807) is 11.3 Å². The lowest BCUT2D eigenvalue weighted by Crippen LogP contribution is -2.46. The molecule has 1 aromatic heterocycles. The Morgan fingerprint density at radius 1 is 1.05 bits per heavy atom. The highest BCUT2D eigenvalue weighted by Crippen LogP contribution is 2.24. The second kappa shape index (κ2) is 5.17. The summed E-state index contributed by atoms with van der Waals surface area (Å²) in [4.78, 5) is 10.3. The molecule has 0 spiro atoms. The second-order valence-electron chi connectivity index (χ2n) is 4.70. The van der Waals surface area contributed by atoms with Gasteiger partial charge < -0.3 is 9.80 Å². The molecule has 0 radical (unpaired) electrons. The molecule has 0 bridgehead atoms. The van der Waals surface area contributed by atoms with Gasteiger partial charge in [-0.1, -0.05) is 0 Å². The van der Waals surface area contributed by atoms with Crippen LogP contribution >= 0.6 is 11.3 Å². The van der Waals surface area contributed by atoms with Crippen LogP contribution in [0, 0.1) is 12.7 Å². The highest BCUT2D eigenvalue weighted by atomic mass is 32.1. The number of hydrogen-bond donors (Lipinski definition) is 0. The smallest absolute Gasteiger partial charge is 0.185 e. The molecular formula is C14H16FN3S. The zero-order valence-electron chi connectivity index (χ0n) is 10.8. The van der Waals surface area contributed by atoms with E-state index in [-0.39, 0.29) is 5.82 Å². The average Bonchev–Trinajstić information content (AvgIpc) is 2.87. The molecule has 0 aliphatic carbocycles. The summed E-state index contributed by atoms with van der Waals surface area (Å²) in [5, 5.41) is 1.11. The summed E-state index contributed by atoms with van der Waals surface area (Å²) in [5.41, 5.74) is 1.09. The molecule has 2 aromatic rings. The number of aryl methyl sites for hydroxylation is 1. The molecule has 0 unspecified atom stereocenters. The Morgan fingerprint density at radius 3 is 2.26 bits per heavy atom. The summed E-state index contributed by atoms with van der Waals surface area (Å²) in [5.74, 6) is -0.180. The molecule has 100 valence electrons. The third-order valence-electron chi connectivity index (χ3n) is 3.35. The van der Waals surface area contributed by atoms with Crippen LogP contribution in [0.2, 0.25) is 0 Å². The monoisotopic (exact) mass is 277 g/mol. The molecule has 2 heterocycles. The first-order valence-corrected chi connectivity index (χ1v) is 7.22. The third kappa shape index (κ3) is 2.71. The van der Waals surface area contributed by atoms with Crippen LogP contribution in [0.4, 0.5) is 15.2 Å². The van der Waals surface area contributed by atoms with Crippen molar-refractivity contribution < 1.29 is 4.39 Å². The Labute approximate surface area is 116 Å². The van der Waals surface area contributed by atoms with Crippen molar-refractivity contribution in [3.63, 3.8) is 0 Å². The molecular weight excluding hydrogens is 261 g/mol. The van der Waals surface area contributed by atoms with Crippen LogP contribution in [0.25, 0.3) is 0 Å². The molecule has 5 heteroatoms. The molecule has 0 atom stereocenters. The number of aromatic nitrogens is 1. The van der Waals surface area contributed by atoms with E-state index >= 15 is 0 Å². The number of halogens is 1. The van der Waals surface area contributed by atoms with Gasteiger partial charge in [0.05, 0.1) is 0 Å². The van der Waals surface area contributed by atoms with Crippen molar-refractivity contribution in [2.24, 2.45) is 0 Å². The minimum Gasteiger partial charge on any atom is -0.368 e. The van der Waals surface area contributed by atoms with E-state index in [4.69, 9.17) is 0 Å². The fourth-order valence-electron chi connectivity index (χ4n) is 2.30. The first-order valence-electron chi connectivity index (χ1n) is 6.40. The Hall–Kier alpha value is -1.62. The molecule has 1 aliphatic heterocycles. The minimum atomic E-state index is -0.180. The molecule has 1 fully saturated rings. The van der Waals surface area contributed by atoms with Gasteiger partial charge in [0.2, 0.25) is 0 Å². The Morgan fingerprint density at radius 2 is 1.68 bits per heavy atom. The molecule has 1 saturated heterocycles. The first-order chi connectivity index (χ1) is 9.22. The van der Waals surface area contributed by atoms with Gasteiger partial charge in [0.1, 0.15) is 5.82 Å². The normalized spacial score (nSPS) is 15.9.